The van der Waals surface area contributed by atoms with E-state index in [4.69, 9.17) is 4.42 Å². The normalized spacial score (nSPS) is 26.9. The van der Waals surface area contributed by atoms with E-state index in [1.54, 1.807) is 0 Å². The van der Waals surface area contributed by atoms with Crippen LogP contribution in [0.5, 0.6) is 0 Å². The summed E-state index contributed by atoms with van der Waals surface area (Å²) in [5.41, 5.74) is 0. The van der Waals surface area contributed by atoms with Crippen molar-refractivity contribution in [1.82, 2.24) is 15.1 Å². The lowest BCUT2D eigenvalue weighted by Crippen LogP contribution is -2.20. The average molecular weight is 248 g/mol. The van der Waals surface area contributed by atoms with Gasteiger partial charge in [0.25, 0.3) is 0 Å². The summed E-state index contributed by atoms with van der Waals surface area (Å²) in [5.74, 6) is 2.22. The minimum atomic E-state index is 0.696. The van der Waals surface area contributed by atoms with E-state index < -0.39 is 0 Å². The molecule has 0 saturated carbocycles. The van der Waals surface area contributed by atoms with Crippen LogP contribution in [0.3, 0.4) is 0 Å². The van der Waals surface area contributed by atoms with Gasteiger partial charge in [0.05, 0.1) is 6.54 Å². The van der Waals surface area contributed by atoms with Crippen LogP contribution in [-0.2, 0) is 6.54 Å². The maximum atomic E-state index is 5.73. The van der Waals surface area contributed by atoms with Crippen molar-refractivity contribution in [2.24, 2.45) is 11.8 Å². The molecule has 0 amide bonds. The Bertz CT molecular complexity index is 424. The maximum Gasteiger partial charge on any atom is 0.318 e. The molecule has 0 aromatic carbocycles. The molecule has 3 rings (SSSR count). The van der Waals surface area contributed by atoms with Crippen molar-refractivity contribution in [1.29, 1.82) is 0 Å². The molecule has 1 aromatic heterocycles. The fourth-order valence-electron chi connectivity index (χ4n) is 2.88. The summed E-state index contributed by atoms with van der Waals surface area (Å²) < 4.78 is 5.73. The largest absolute Gasteiger partial charge is 0.407 e. The van der Waals surface area contributed by atoms with Crippen molar-refractivity contribution >= 4 is 6.01 Å². The first kappa shape index (κ1) is 11.7. The molecule has 0 bridgehead atoms. The van der Waals surface area contributed by atoms with Gasteiger partial charge >= 0.3 is 6.01 Å². The number of hydrogen-bond donors (Lipinski definition) is 0. The Morgan fingerprint density at radius 3 is 2.50 bits per heavy atom. The van der Waals surface area contributed by atoms with Gasteiger partial charge in [-0.3, -0.25) is 0 Å². The van der Waals surface area contributed by atoms with Gasteiger partial charge in [-0.15, -0.1) is 5.10 Å². The minimum absolute atomic E-state index is 0.696. The van der Waals surface area contributed by atoms with Crippen LogP contribution >= 0.6 is 0 Å². The number of rotatable bonds is 3. The molecule has 0 unspecified atom stereocenters. The van der Waals surface area contributed by atoms with Crippen molar-refractivity contribution in [2.75, 3.05) is 32.1 Å². The van der Waals surface area contributed by atoms with E-state index >= 15 is 0 Å². The van der Waals surface area contributed by atoms with Crippen LogP contribution in [-0.4, -0.2) is 42.3 Å². The summed E-state index contributed by atoms with van der Waals surface area (Å²) in [5, 5.41) is 8.27. The lowest BCUT2D eigenvalue weighted by atomic mass is 9.86. The number of fused-ring (bicyclic) bond motifs is 1. The predicted molar refractivity (Wildman–Crippen MR) is 69.3 cm³/mol. The molecule has 1 aliphatic heterocycles. The van der Waals surface area contributed by atoms with Crippen molar-refractivity contribution in [3.63, 3.8) is 0 Å². The second-order valence-corrected chi connectivity index (χ2v) is 5.58. The zero-order valence-corrected chi connectivity index (χ0v) is 11.0. The van der Waals surface area contributed by atoms with Crippen LogP contribution in [0.1, 0.15) is 18.7 Å². The molecule has 1 fully saturated rings. The molecule has 1 aromatic rings. The van der Waals surface area contributed by atoms with E-state index in [0.29, 0.717) is 18.5 Å². The van der Waals surface area contributed by atoms with Crippen molar-refractivity contribution in [3.05, 3.63) is 18.0 Å². The van der Waals surface area contributed by atoms with Gasteiger partial charge in [0.15, 0.2) is 0 Å². The molecule has 2 aliphatic rings. The van der Waals surface area contributed by atoms with E-state index in [0.717, 1.165) is 24.9 Å². The monoisotopic (exact) mass is 248 g/mol. The number of allylic oxidation sites excluding steroid dienone is 2. The number of nitrogens with zero attached hydrogens (tertiary/aromatic N) is 4. The lowest BCUT2D eigenvalue weighted by molar-refractivity contribution is 0.342. The van der Waals surface area contributed by atoms with Gasteiger partial charge < -0.3 is 14.2 Å². The number of anilines is 1. The smallest absolute Gasteiger partial charge is 0.318 e. The molecular formula is C13H20N4O. The van der Waals surface area contributed by atoms with Crippen LogP contribution in [0.15, 0.2) is 16.6 Å². The lowest BCUT2D eigenvalue weighted by Gasteiger charge is -2.17. The zero-order chi connectivity index (χ0) is 12.5. The van der Waals surface area contributed by atoms with Gasteiger partial charge in [-0.2, -0.15) is 0 Å². The highest BCUT2D eigenvalue weighted by Crippen LogP contribution is 2.34. The Kier molecular flexibility index (Phi) is 3.07. The van der Waals surface area contributed by atoms with Gasteiger partial charge in [-0.1, -0.05) is 17.3 Å². The fourth-order valence-corrected chi connectivity index (χ4v) is 2.88. The van der Waals surface area contributed by atoms with Gasteiger partial charge in [0, 0.05) is 13.1 Å². The maximum absolute atomic E-state index is 5.73. The fraction of sp³-hybridized carbons (Fsp3) is 0.692. The second-order valence-electron chi connectivity index (χ2n) is 5.58. The van der Waals surface area contributed by atoms with Crippen LogP contribution in [0.4, 0.5) is 6.01 Å². The minimum Gasteiger partial charge on any atom is -0.407 e. The highest BCUT2D eigenvalue weighted by Gasteiger charge is 2.34. The first-order chi connectivity index (χ1) is 8.72. The molecule has 98 valence electrons. The average Bonchev–Trinajstić information content (AvgIpc) is 2.93. The standard InChI is InChI=1S/C13H20N4O/c1-16(2)9-12-14-15-13(18-12)17-7-10-5-3-4-6-11(10)8-17/h3-4,10-11H,5-9H2,1-2H3/t10-,11+. The number of aromatic nitrogens is 2. The van der Waals surface area contributed by atoms with E-state index in [-0.39, 0.29) is 0 Å². The highest BCUT2D eigenvalue weighted by molar-refractivity contribution is 5.28. The molecule has 2 atom stereocenters. The third-order valence-electron chi connectivity index (χ3n) is 3.80. The van der Waals surface area contributed by atoms with E-state index in [1.807, 2.05) is 19.0 Å². The molecule has 0 N–H and O–H groups in total. The van der Waals surface area contributed by atoms with Gasteiger partial charge in [-0.25, -0.2) is 0 Å². The summed E-state index contributed by atoms with van der Waals surface area (Å²) in [6, 6.07) is 0.696. The first-order valence-corrected chi connectivity index (χ1v) is 6.59. The van der Waals surface area contributed by atoms with Gasteiger partial charge in [-0.05, 0) is 38.8 Å². The van der Waals surface area contributed by atoms with Crippen molar-refractivity contribution < 1.29 is 4.42 Å². The first-order valence-electron chi connectivity index (χ1n) is 6.59. The van der Waals surface area contributed by atoms with E-state index in [9.17, 15) is 0 Å². The Balaban J connectivity index is 1.67. The van der Waals surface area contributed by atoms with Crippen LogP contribution in [0.2, 0.25) is 0 Å². The van der Waals surface area contributed by atoms with Gasteiger partial charge in [0.2, 0.25) is 5.89 Å². The SMILES string of the molecule is CN(C)Cc1nnc(N2C[C@H]3CC=CC[C@H]3C2)o1. The topological polar surface area (TPSA) is 45.4 Å². The third kappa shape index (κ3) is 2.27. The Labute approximate surface area is 107 Å². The molecule has 1 saturated heterocycles. The van der Waals surface area contributed by atoms with Crippen LogP contribution in [0, 0.1) is 11.8 Å². The van der Waals surface area contributed by atoms with E-state index in [1.165, 1.54) is 12.8 Å². The summed E-state index contributed by atoms with van der Waals surface area (Å²) in [4.78, 5) is 4.28. The predicted octanol–water partition coefficient (Wildman–Crippen LogP) is 1.53. The molecule has 5 nitrogen and oxygen atoms in total. The molecule has 0 spiro atoms. The van der Waals surface area contributed by atoms with Crippen LogP contribution in [0.25, 0.3) is 0 Å². The van der Waals surface area contributed by atoms with Crippen LogP contribution < -0.4 is 4.90 Å². The summed E-state index contributed by atoms with van der Waals surface area (Å²) >= 11 is 0. The zero-order valence-electron chi connectivity index (χ0n) is 11.0. The molecular weight excluding hydrogens is 228 g/mol. The quantitative estimate of drug-likeness (QED) is 0.759. The van der Waals surface area contributed by atoms with Crippen molar-refractivity contribution in [3.8, 4) is 0 Å². The Morgan fingerprint density at radius 2 is 1.89 bits per heavy atom. The molecule has 0 radical (unpaired) electrons. The second kappa shape index (κ2) is 4.72. The molecule has 18 heavy (non-hydrogen) atoms. The Hall–Kier alpha value is -1.36. The Morgan fingerprint density at radius 1 is 1.22 bits per heavy atom. The molecule has 1 aliphatic carbocycles. The summed E-state index contributed by atoms with van der Waals surface area (Å²) in [6.45, 7) is 2.81. The summed E-state index contributed by atoms with van der Waals surface area (Å²) in [6.07, 6.45) is 6.99. The van der Waals surface area contributed by atoms with E-state index in [2.05, 4.69) is 27.2 Å². The third-order valence-corrected chi connectivity index (χ3v) is 3.80. The number of hydrogen-bond acceptors (Lipinski definition) is 5. The molecule has 2 heterocycles. The van der Waals surface area contributed by atoms with Gasteiger partial charge in [0.1, 0.15) is 0 Å². The molecule has 5 heteroatoms. The summed E-state index contributed by atoms with van der Waals surface area (Å²) in [7, 11) is 4.00. The highest BCUT2D eigenvalue weighted by atomic mass is 16.4. The van der Waals surface area contributed by atoms with Crippen molar-refractivity contribution in [2.45, 2.75) is 19.4 Å².